The quantitative estimate of drug-likeness (QED) is 0.455. The second-order valence-corrected chi connectivity index (χ2v) is 3.36. The summed E-state index contributed by atoms with van der Waals surface area (Å²) in [5, 5.41) is 19.5. The van der Waals surface area contributed by atoms with Gasteiger partial charge in [0.2, 0.25) is 5.91 Å². The summed E-state index contributed by atoms with van der Waals surface area (Å²) < 4.78 is 0. The summed E-state index contributed by atoms with van der Waals surface area (Å²) in [5.41, 5.74) is 0. The molecule has 1 fully saturated rings. The van der Waals surface area contributed by atoms with E-state index in [1.165, 1.54) is 0 Å². The molecule has 6 heteroatoms. The van der Waals surface area contributed by atoms with E-state index < -0.39 is 7.12 Å². The molecule has 1 amide bonds. The van der Waals surface area contributed by atoms with Gasteiger partial charge in [-0.15, -0.1) is 0 Å². The molecule has 5 nitrogen and oxygen atoms in total. The van der Waals surface area contributed by atoms with Crippen molar-refractivity contribution in [1.82, 2.24) is 10.2 Å². The molecule has 0 aromatic rings. The van der Waals surface area contributed by atoms with Crippen LogP contribution in [-0.2, 0) is 4.79 Å². The van der Waals surface area contributed by atoms with E-state index in [1.54, 1.807) is 0 Å². The Kier molecular flexibility index (Phi) is 3.71. The van der Waals surface area contributed by atoms with E-state index in [0.29, 0.717) is 0 Å². The Morgan fingerprint density at radius 2 is 2.38 bits per heavy atom. The highest BCUT2D eigenvalue weighted by molar-refractivity contribution is 6.41. The van der Waals surface area contributed by atoms with Crippen LogP contribution in [0.1, 0.15) is 12.8 Å². The van der Waals surface area contributed by atoms with Gasteiger partial charge in [0.15, 0.2) is 0 Å². The molecule has 0 saturated carbocycles. The van der Waals surface area contributed by atoms with E-state index in [1.807, 2.05) is 11.9 Å². The molecule has 3 N–H and O–H groups in total. The van der Waals surface area contributed by atoms with E-state index in [0.717, 1.165) is 19.4 Å². The molecular formula is C7H15BN2O3. The van der Waals surface area contributed by atoms with Crippen LogP contribution >= 0.6 is 0 Å². The predicted octanol–water partition coefficient (Wildman–Crippen LogP) is -1.79. The third-order valence-electron chi connectivity index (χ3n) is 2.28. The first-order valence-electron chi connectivity index (χ1n) is 4.45. The lowest BCUT2D eigenvalue weighted by molar-refractivity contribution is -0.124. The molecule has 0 spiro atoms. The zero-order valence-electron chi connectivity index (χ0n) is 7.73. The number of carbonyl (C=O) groups is 1. The third kappa shape index (κ3) is 2.98. The minimum atomic E-state index is -1.46. The topological polar surface area (TPSA) is 72.8 Å². The SMILES string of the molecule is CN1CCCC1C(=O)NCB(O)O. The minimum Gasteiger partial charge on any atom is -0.426 e. The third-order valence-corrected chi connectivity index (χ3v) is 2.28. The number of likely N-dealkylation sites (tertiary alicyclic amines) is 1. The monoisotopic (exact) mass is 186 g/mol. The highest BCUT2D eigenvalue weighted by Gasteiger charge is 2.27. The smallest absolute Gasteiger partial charge is 0.426 e. The van der Waals surface area contributed by atoms with Gasteiger partial charge in [-0.2, -0.15) is 0 Å². The number of nitrogens with one attached hydrogen (secondary N) is 1. The average Bonchev–Trinajstić information content (AvgIpc) is 2.47. The molecule has 0 aromatic heterocycles. The predicted molar refractivity (Wildman–Crippen MR) is 48.9 cm³/mol. The fourth-order valence-corrected chi connectivity index (χ4v) is 1.55. The molecule has 0 radical (unpaired) electrons. The highest BCUT2D eigenvalue weighted by Crippen LogP contribution is 2.14. The van der Waals surface area contributed by atoms with Gasteiger partial charge < -0.3 is 15.4 Å². The van der Waals surface area contributed by atoms with Crippen LogP contribution in [-0.4, -0.2) is 54.1 Å². The Morgan fingerprint density at radius 3 is 2.85 bits per heavy atom. The van der Waals surface area contributed by atoms with Gasteiger partial charge in [0, 0.05) is 0 Å². The Bertz CT molecular complexity index is 189. The fourth-order valence-electron chi connectivity index (χ4n) is 1.55. The lowest BCUT2D eigenvalue weighted by Gasteiger charge is -2.18. The maximum atomic E-state index is 11.4. The summed E-state index contributed by atoms with van der Waals surface area (Å²) in [4.78, 5) is 13.4. The number of hydrogen-bond acceptors (Lipinski definition) is 4. The molecule has 1 aliphatic heterocycles. The Labute approximate surface area is 77.9 Å². The normalized spacial score (nSPS) is 23.2. The van der Waals surface area contributed by atoms with Gasteiger partial charge in [-0.25, -0.2) is 0 Å². The van der Waals surface area contributed by atoms with E-state index in [2.05, 4.69) is 5.32 Å². The number of hydrogen-bond donors (Lipinski definition) is 3. The summed E-state index contributed by atoms with van der Waals surface area (Å²) >= 11 is 0. The van der Waals surface area contributed by atoms with Gasteiger partial charge in [-0.1, -0.05) is 0 Å². The standard InChI is InChI=1S/C7H15BN2O3/c1-10-4-2-3-6(10)7(11)9-5-8(12)13/h6,12-13H,2-5H2,1H3,(H,9,11). The van der Waals surface area contributed by atoms with Crippen molar-refractivity contribution < 1.29 is 14.8 Å². The number of amides is 1. The zero-order valence-corrected chi connectivity index (χ0v) is 7.73. The van der Waals surface area contributed by atoms with Crippen LogP contribution < -0.4 is 5.32 Å². The van der Waals surface area contributed by atoms with Crippen molar-refractivity contribution in [3.63, 3.8) is 0 Å². The molecule has 1 rings (SSSR count). The van der Waals surface area contributed by atoms with Crippen molar-refractivity contribution in [2.45, 2.75) is 18.9 Å². The lowest BCUT2D eigenvalue weighted by Crippen LogP contribution is -2.45. The molecule has 74 valence electrons. The summed E-state index contributed by atoms with van der Waals surface area (Å²) in [5.74, 6) is -0.117. The molecule has 1 heterocycles. The van der Waals surface area contributed by atoms with Gasteiger partial charge in [0.1, 0.15) is 0 Å². The van der Waals surface area contributed by atoms with Crippen LogP contribution in [0.5, 0.6) is 0 Å². The Balaban J connectivity index is 2.30. The molecule has 13 heavy (non-hydrogen) atoms. The van der Waals surface area contributed by atoms with Crippen LogP contribution in [0.25, 0.3) is 0 Å². The zero-order chi connectivity index (χ0) is 9.84. The summed E-state index contributed by atoms with van der Waals surface area (Å²) in [6.07, 6.45) is 1.78. The van der Waals surface area contributed by atoms with E-state index >= 15 is 0 Å². The summed E-state index contributed by atoms with van der Waals surface area (Å²) in [7, 11) is 0.433. The minimum absolute atomic E-state index is 0.0941. The van der Waals surface area contributed by atoms with E-state index in [-0.39, 0.29) is 18.4 Å². The molecule has 0 aromatic carbocycles. The highest BCUT2D eigenvalue weighted by atomic mass is 16.4. The first kappa shape index (κ1) is 10.5. The lowest BCUT2D eigenvalue weighted by atomic mass is 9.92. The van der Waals surface area contributed by atoms with Crippen molar-refractivity contribution >= 4 is 13.0 Å². The van der Waals surface area contributed by atoms with Crippen LogP contribution in [0, 0.1) is 0 Å². The van der Waals surface area contributed by atoms with Crippen molar-refractivity contribution in [2.24, 2.45) is 0 Å². The molecule has 1 unspecified atom stereocenters. The van der Waals surface area contributed by atoms with Crippen molar-refractivity contribution in [2.75, 3.05) is 20.0 Å². The largest absolute Gasteiger partial charge is 0.472 e. The van der Waals surface area contributed by atoms with Gasteiger partial charge in [-0.3, -0.25) is 9.69 Å². The summed E-state index contributed by atoms with van der Waals surface area (Å²) in [6, 6.07) is -0.0984. The van der Waals surface area contributed by atoms with Crippen LogP contribution in [0.2, 0.25) is 0 Å². The molecule has 1 atom stereocenters. The molecular weight excluding hydrogens is 171 g/mol. The average molecular weight is 186 g/mol. The Hall–Kier alpha value is -0.585. The van der Waals surface area contributed by atoms with Crippen molar-refractivity contribution in [3.8, 4) is 0 Å². The fraction of sp³-hybridized carbons (Fsp3) is 0.857. The van der Waals surface area contributed by atoms with Crippen LogP contribution in [0.3, 0.4) is 0 Å². The first-order chi connectivity index (χ1) is 6.11. The molecule has 0 bridgehead atoms. The number of rotatable bonds is 3. The van der Waals surface area contributed by atoms with Crippen molar-refractivity contribution in [1.29, 1.82) is 0 Å². The molecule has 1 saturated heterocycles. The van der Waals surface area contributed by atoms with Gasteiger partial charge >= 0.3 is 7.12 Å². The van der Waals surface area contributed by atoms with Gasteiger partial charge in [0.25, 0.3) is 0 Å². The molecule has 1 aliphatic rings. The van der Waals surface area contributed by atoms with Crippen LogP contribution in [0.4, 0.5) is 0 Å². The van der Waals surface area contributed by atoms with Gasteiger partial charge in [0.05, 0.1) is 12.5 Å². The van der Waals surface area contributed by atoms with Crippen LogP contribution in [0.15, 0.2) is 0 Å². The maximum absolute atomic E-state index is 11.4. The summed E-state index contributed by atoms with van der Waals surface area (Å²) in [6.45, 7) is 0.930. The second-order valence-electron chi connectivity index (χ2n) is 3.36. The maximum Gasteiger partial charge on any atom is 0.472 e. The number of likely N-dealkylation sites (N-methyl/N-ethyl adjacent to an activating group) is 1. The Morgan fingerprint density at radius 1 is 1.69 bits per heavy atom. The first-order valence-corrected chi connectivity index (χ1v) is 4.45. The second kappa shape index (κ2) is 4.60. The number of nitrogens with zero attached hydrogens (tertiary/aromatic N) is 1. The van der Waals surface area contributed by atoms with E-state index in [4.69, 9.17) is 10.0 Å². The van der Waals surface area contributed by atoms with E-state index in [9.17, 15) is 4.79 Å². The number of carbonyl (C=O) groups excluding carboxylic acids is 1. The van der Waals surface area contributed by atoms with Crippen molar-refractivity contribution in [3.05, 3.63) is 0 Å². The molecule has 0 aliphatic carbocycles. The van der Waals surface area contributed by atoms with Gasteiger partial charge in [-0.05, 0) is 26.4 Å².